The third-order valence-electron chi connectivity index (χ3n) is 12.0. The standard InChI is InChI=1S/C50H101/c1-4-7-10-12-14-16-18-20-22-24-26-28-30-32-34-36-38-40-42-45-48-50(47-44-9-6-3)49-46-43-41-39-37-35-33-31-29-27-25-23-21-19-17-15-13-11-8-5-2/h50H,3-49H2,1-2H3. The van der Waals surface area contributed by atoms with Crippen molar-refractivity contribution in [2.75, 3.05) is 0 Å². The number of unbranched alkanes of at least 4 members (excludes halogenated alkanes) is 40. The van der Waals surface area contributed by atoms with Gasteiger partial charge in [-0.2, -0.15) is 0 Å². The molecule has 0 unspecified atom stereocenters. The van der Waals surface area contributed by atoms with Gasteiger partial charge in [0.15, 0.2) is 0 Å². The maximum atomic E-state index is 4.10. The van der Waals surface area contributed by atoms with E-state index in [4.69, 9.17) is 0 Å². The summed E-state index contributed by atoms with van der Waals surface area (Å²) in [5.74, 6) is 1.01. The Balaban J connectivity index is 3.48. The highest BCUT2D eigenvalue weighted by Crippen LogP contribution is 2.25. The third-order valence-corrected chi connectivity index (χ3v) is 12.0. The zero-order valence-corrected chi connectivity index (χ0v) is 35.8. The van der Waals surface area contributed by atoms with Gasteiger partial charge in [-0.1, -0.05) is 316 Å². The zero-order chi connectivity index (χ0) is 36.1. The maximum absolute atomic E-state index is 4.10. The molecule has 0 amide bonds. The minimum Gasteiger partial charge on any atom is -0.0654 e. The molecule has 0 fully saturated rings. The summed E-state index contributed by atoms with van der Waals surface area (Å²) in [6.45, 7) is 8.72. The summed E-state index contributed by atoms with van der Waals surface area (Å²) in [5, 5.41) is 0. The Labute approximate surface area is 321 Å². The fourth-order valence-electron chi connectivity index (χ4n) is 8.42. The SMILES string of the molecule is [CH2]CCCCC(CCCCCCCCCCCCCCCCCCCCCC)CCCCCCCCCCCCCCCCCCCCCC. The summed E-state index contributed by atoms with van der Waals surface area (Å²) in [6.07, 6.45) is 67.6. The van der Waals surface area contributed by atoms with Crippen molar-refractivity contribution in [3.8, 4) is 0 Å². The van der Waals surface area contributed by atoms with Gasteiger partial charge >= 0.3 is 0 Å². The molecule has 0 bridgehead atoms. The van der Waals surface area contributed by atoms with Gasteiger partial charge in [0.05, 0.1) is 0 Å². The van der Waals surface area contributed by atoms with Crippen molar-refractivity contribution in [3.05, 3.63) is 6.92 Å². The number of rotatable bonds is 46. The Morgan fingerprint density at radius 1 is 0.220 bits per heavy atom. The predicted molar refractivity (Wildman–Crippen MR) is 233 cm³/mol. The molecular weight excluding hydrogens is 601 g/mol. The van der Waals surface area contributed by atoms with Crippen molar-refractivity contribution in [2.24, 2.45) is 5.92 Å². The van der Waals surface area contributed by atoms with Gasteiger partial charge in [0.2, 0.25) is 0 Å². The van der Waals surface area contributed by atoms with Crippen LogP contribution in [0.4, 0.5) is 0 Å². The van der Waals surface area contributed by atoms with Crippen LogP contribution in [0.2, 0.25) is 0 Å². The van der Waals surface area contributed by atoms with Crippen molar-refractivity contribution in [2.45, 2.75) is 309 Å². The summed E-state index contributed by atoms with van der Waals surface area (Å²) in [6, 6.07) is 0. The van der Waals surface area contributed by atoms with Gasteiger partial charge in [-0.05, 0) is 5.92 Å². The molecule has 0 spiro atoms. The molecule has 301 valence electrons. The zero-order valence-electron chi connectivity index (χ0n) is 35.8. The molecule has 0 aliphatic heterocycles. The molecule has 0 aliphatic rings. The number of hydrogen-bond acceptors (Lipinski definition) is 0. The third kappa shape index (κ3) is 44.2. The van der Waals surface area contributed by atoms with Crippen LogP contribution in [0, 0.1) is 12.8 Å². The second kappa shape index (κ2) is 47.0. The molecule has 0 atom stereocenters. The molecule has 50 heavy (non-hydrogen) atoms. The highest BCUT2D eigenvalue weighted by atomic mass is 14.1. The predicted octanol–water partition coefficient (Wildman–Crippen LogP) is 19.4. The molecule has 1 radical (unpaired) electrons. The molecule has 0 aromatic rings. The largest absolute Gasteiger partial charge is 0.0654 e. The van der Waals surface area contributed by atoms with Crippen LogP contribution in [-0.2, 0) is 0 Å². The van der Waals surface area contributed by atoms with Gasteiger partial charge < -0.3 is 0 Å². The summed E-state index contributed by atoms with van der Waals surface area (Å²) in [5.41, 5.74) is 0. The molecule has 0 aliphatic carbocycles. The van der Waals surface area contributed by atoms with Gasteiger partial charge in [-0.25, -0.2) is 0 Å². The lowest BCUT2D eigenvalue weighted by atomic mass is 9.89. The highest BCUT2D eigenvalue weighted by molar-refractivity contribution is 4.63. The average Bonchev–Trinajstić information content (AvgIpc) is 3.13. The summed E-state index contributed by atoms with van der Waals surface area (Å²) in [7, 11) is 0. The molecule has 0 saturated heterocycles. The molecule has 0 aromatic carbocycles. The van der Waals surface area contributed by atoms with E-state index in [1.165, 1.54) is 289 Å². The summed E-state index contributed by atoms with van der Waals surface area (Å²) in [4.78, 5) is 0. The van der Waals surface area contributed by atoms with Crippen LogP contribution in [0.5, 0.6) is 0 Å². The van der Waals surface area contributed by atoms with Crippen molar-refractivity contribution in [1.29, 1.82) is 0 Å². The van der Waals surface area contributed by atoms with Crippen LogP contribution in [-0.4, -0.2) is 0 Å². The first-order chi connectivity index (χ1) is 24.8. The van der Waals surface area contributed by atoms with Crippen LogP contribution in [0.1, 0.15) is 309 Å². The van der Waals surface area contributed by atoms with E-state index < -0.39 is 0 Å². The van der Waals surface area contributed by atoms with Crippen LogP contribution in [0.25, 0.3) is 0 Å². The molecule has 0 N–H and O–H groups in total. The van der Waals surface area contributed by atoms with Gasteiger partial charge in [0, 0.05) is 0 Å². The molecule has 0 rings (SSSR count). The quantitative estimate of drug-likeness (QED) is 0.0554. The fourth-order valence-corrected chi connectivity index (χ4v) is 8.42. The molecule has 0 saturated carbocycles. The first kappa shape index (κ1) is 50.0. The lowest BCUT2D eigenvalue weighted by molar-refractivity contribution is 0.368. The smallest absolute Gasteiger partial charge is 0.0414 e. The van der Waals surface area contributed by atoms with Crippen LogP contribution in [0.3, 0.4) is 0 Å². The number of hydrogen-bond donors (Lipinski definition) is 0. The Kier molecular flexibility index (Phi) is 47.0. The first-order valence-corrected chi connectivity index (χ1v) is 24.6. The average molecular weight is 702 g/mol. The van der Waals surface area contributed by atoms with Crippen LogP contribution < -0.4 is 0 Å². The molecule has 0 heterocycles. The molecular formula is C50H101. The van der Waals surface area contributed by atoms with Crippen molar-refractivity contribution < 1.29 is 0 Å². The Morgan fingerprint density at radius 3 is 0.560 bits per heavy atom. The second-order valence-corrected chi connectivity index (χ2v) is 17.2. The second-order valence-electron chi connectivity index (χ2n) is 17.2. The topological polar surface area (TPSA) is 0 Å². The van der Waals surface area contributed by atoms with E-state index in [-0.39, 0.29) is 0 Å². The normalized spacial score (nSPS) is 11.8. The van der Waals surface area contributed by atoms with Gasteiger partial charge in [-0.3, -0.25) is 0 Å². The van der Waals surface area contributed by atoms with E-state index >= 15 is 0 Å². The minimum absolute atomic E-state index is 1.01. The van der Waals surface area contributed by atoms with E-state index in [0.717, 1.165) is 12.3 Å². The highest BCUT2D eigenvalue weighted by Gasteiger charge is 2.08. The van der Waals surface area contributed by atoms with E-state index in [2.05, 4.69) is 20.8 Å². The summed E-state index contributed by atoms with van der Waals surface area (Å²) < 4.78 is 0. The Bertz CT molecular complexity index is 506. The summed E-state index contributed by atoms with van der Waals surface area (Å²) >= 11 is 0. The molecule has 0 nitrogen and oxygen atoms in total. The Morgan fingerprint density at radius 2 is 0.380 bits per heavy atom. The van der Waals surface area contributed by atoms with E-state index in [9.17, 15) is 0 Å². The Hall–Kier alpha value is 0. The van der Waals surface area contributed by atoms with E-state index in [1.54, 1.807) is 0 Å². The van der Waals surface area contributed by atoms with Crippen LogP contribution >= 0.6 is 0 Å². The fraction of sp³-hybridized carbons (Fsp3) is 0.980. The monoisotopic (exact) mass is 702 g/mol. The van der Waals surface area contributed by atoms with Crippen LogP contribution in [0.15, 0.2) is 0 Å². The van der Waals surface area contributed by atoms with Crippen molar-refractivity contribution in [1.82, 2.24) is 0 Å². The minimum atomic E-state index is 1.01. The first-order valence-electron chi connectivity index (χ1n) is 24.6. The van der Waals surface area contributed by atoms with Crippen molar-refractivity contribution >= 4 is 0 Å². The van der Waals surface area contributed by atoms with Gasteiger partial charge in [0.25, 0.3) is 0 Å². The van der Waals surface area contributed by atoms with E-state index in [1.807, 2.05) is 0 Å². The van der Waals surface area contributed by atoms with Gasteiger partial charge in [0.1, 0.15) is 0 Å². The maximum Gasteiger partial charge on any atom is -0.0414 e. The lowest BCUT2D eigenvalue weighted by Crippen LogP contribution is -2.01. The lowest BCUT2D eigenvalue weighted by Gasteiger charge is -2.17. The van der Waals surface area contributed by atoms with E-state index in [0.29, 0.717) is 0 Å². The molecule has 0 heteroatoms. The molecule has 0 aromatic heterocycles. The van der Waals surface area contributed by atoms with Crippen molar-refractivity contribution in [3.63, 3.8) is 0 Å². The van der Waals surface area contributed by atoms with Gasteiger partial charge in [-0.15, -0.1) is 0 Å².